The number of carboxylic acids is 1. The molecular weight excluding hydrogens is 194 g/mol. The topological polar surface area (TPSA) is 57.6 Å². The Hall–Kier alpha value is -1.32. The van der Waals surface area contributed by atoms with Crippen molar-refractivity contribution in [3.63, 3.8) is 0 Å². The predicted molar refractivity (Wildman–Crippen MR) is 56.4 cm³/mol. The third kappa shape index (κ3) is 3.38. The van der Waals surface area contributed by atoms with Crippen molar-refractivity contribution in [3.05, 3.63) is 12.2 Å². The van der Waals surface area contributed by atoms with E-state index in [2.05, 4.69) is 6.92 Å². The molecule has 0 saturated carbocycles. The van der Waals surface area contributed by atoms with Crippen LogP contribution in [-0.4, -0.2) is 34.5 Å². The lowest BCUT2D eigenvalue weighted by molar-refractivity contribution is -0.133. The summed E-state index contributed by atoms with van der Waals surface area (Å²) in [6, 6.07) is 0.282. The van der Waals surface area contributed by atoms with E-state index in [4.69, 9.17) is 5.11 Å². The Morgan fingerprint density at radius 1 is 1.40 bits per heavy atom. The van der Waals surface area contributed by atoms with Crippen molar-refractivity contribution in [2.45, 2.75) is 38.6 Å². The number of rotatable bonds is 3. The Kier molecular flexibility index (Phi) is 4.34. The quantitative estimate of drug-likeness (QED) is 0.718. The number of aliphatic carboxylic acids is 1. The maximum atomic E-state index is 11.6. The third-order valence-corrected chi connectivity index (χ3v) is 2.75. The minimum absolute atomic E-state index is 0.177. The second kappa shape index (κ2) is 5.53. The van der Waals surface area contributed by atoms with Crippen LogP contribution in [0.2, 0.25) is 0 Å². The third-order valence-electron chi connectivity index (χ3n) is 2.75. The molecule has 0 radical (unpaired) electrons. The van der Waals surface area contributed by atoms with E-state index in [1.165, 1.54) is 0 Å². The standard InChI is InChI=1S/C11H17NO3/c1-2-9-5-3-4-8-12(9)10(13)6-7-11(14)15/h6-7,9H,2-5,8H2,1H3,(H,14,15)/b7-6+. The van der Waals surface area contributed by atoms with Gasteiger partial charge in [-0.3, -0.25) is 4.79 Å². The fourth-order valence-corrected chi connectivity index (χ4v) is 1.95. The number of piperidine rings is 1. The van der Waals surface area contributed by atoms with Gasteiger partial charge < -0.3 is 10.0 Å². The molecule has 1 aliphatic rings. The Labute approximate surface area is 89.6 Å². The predicted octanol–water partition coefficient (Wildman–Crippen LogP) is 1.42. The van der Waals surface area contributed by atoms with E-state index in [-0.39, 0.29) is 11.9 Å². The molecular formula is C11H17NO3. The van der Waals surface area contributed by atoms with Crippen molar-refractivity contribution in [2.75, 3.05) is 6.54 Å². The zero-order valence-electron chi connectivity index (χ0n) is 8.98. The molecule has 1 unspecified atom stereocenters. The van der Waals surface area contributed by atoms with Gasteiger partial charge in [-0.25, -0.2) is 4.79 Å². The summed E-state index contributed by atoms with van der Waals surface area (Å²) in [7, 11) is 0. The van der Waals surface area contributed by atoms with Crippen LogP contribution in [0.4, 0.5) is 0 Å². The largest absolute Gasteiger partial charge is 0.478 e. The van der Waals surface area contributed by atoms with E-state index in [1.54, 1.807) is 4.90 Å². The van der Waals surface area contributed by atoms with Crippen molar-refractivity contribution in [3.8, 4) is 0 Å². The second-order valence-corrected chi connectivity index (χ2v) is 3.76. The van der Waals surface area contributed by atoms with E-state index in [0.29, 0.717) is 0 Å². The molecule has 0 aromatic heterocycles. The Morgan fingerprint density at radius 3 is 2.73 bits per heavy atom. The minimum atomic E-state index is -1.08. The van der Waals surface area contributed by atoms with Gasteiger partial charge in [0.05, 0.1) is 0 Å². The van der Waals surface area contributed by atoms with Crippen molar-refractivity contribution in [1.29, 1.82) is 0 Å². The summed E-state index contributed by atoms with van der Waals surface area (Å²) in [5, 5.41) is 8.43. The summed E-state index contributed by atoms with van der Waals surface area (Å²) in [6.07, 6.45) is 6.20. The number of carbonyl (C=O) groups excluding carboxylic acids is 1. The highest BCUT2D eigenvalue weighted by Crippen LogP contribution is 2.19. The first-order chi connectivity index (χ1) is 7.15. The molecule has 4 heteroatoms. The van der Waals surface area contributed by atoms with Gasteiger partial charge in [0.25, 0.3) is 0 Å². The van der Waals surface area contributed by atoms with Crippen LogP contribution in [0.15, 0.2) is 12.2 Å². The van der Waals surface area contributed by atoms with Gasteiger partial charge in [-0.2, -0.15) is 0 Å². The summed E-state index contributed by atoms with van der Waals surface area (Å²) >= 11 is 0. The summed E-state index contributed by atoms with van der Waals surface area (Å²) < 4.78 is 0. The van der Waals surface area contributed by atoms with Crippen LogP contribution in [0.25, 0.3) is 0 Å². The monoisotopic (exact) mass is 211 g/mol. The highest BCUT2D eigenvalue weighted by molar-refractivity contribution is 5.94. The molecule has 1 fully saturated rings. The molecule has 0 aliphatic carbocycles. The van der Waals surface area contributed by atoms with Gasteiger partial charge in [-0.05, 0) is 25.7 Å². The fraction of sp³-hybridized carbons (Fsp3) is 0.636. The van der Waals surface area contributed by atoms with Crippen LogP contribution >= 0.6 is 0 Å². The van der Waals surface area contributed by atoms with Gasteiger partial charge in [0.2, 0.25) is 5.91 Å². The van der Waals surface area contributed by atoms with Crippen molar-refractivity contribution in [1.82, 2.24) is 4.90 Å². The first kappa shape index (κ1) is 11.8. The van der Waals surface area contributed by atoms with E-state index in [0.717, 1.165) is 44.4 Å². The Morgan fingerprint density at radius 2 is 2.13 bits per heavy atom. The first-order valence-corrected chi connectivity index (χ1v) is 5.36. The molecule has 1 aliphatic heterocycles. The van der Waals surface area contributed by atoms with Crippen molar-refractivity contribution >= 4 is 11.9 Å². The van der Waals surface area contributed by atoms with Crippen molar-refractivity contribution < 1.29 is 14.7 Å². The molecule has 84 valence electrons. The number of carboxylic acid groups (broad SMARTS) is 1. The summed E-state index contributed by atoms with van der Waals surface area (Å²) in [5.74, 6) is -1.25. The highest BCUT2D eigenvalue weighted by Gasteiger charge is 2.23. The van der Waals surface area contributed by atoms with Gasteiger partial charge in [0.1, 0.15) is 0 Å². The zero-order valence-corrected chi connectivity index (χ0v) is 8.98. The molecule has 0 bridgehead atoms. The minimum Gasteiger partial charge on any atom is -0.478 e. The molecule has 1 rings (SSSR count). The number of hydrogen-bond donors (Lipinski definition) is 1. The van der Waals surface area contributed by atoms with Crippen LogP contribution in [0.1, 0.15) is 32.6 Å². The molecule has 15 heavy (non-hydrogen) atoms. The zero-order chi connectivity index (χ0) is 11.3. The van der Waals surface area contributed by atoms with E-state index in [1.807, 2.05) is 0 Å². The lowest BCUT2D eigenvalue weighted by atomic mass is 10.00. The van der Waals surface area contributed by atoms with Gasteiger partial charge in [-0.15, -0.1) is 0 Å². The summed E-state index contributed by atoms with van der Waals surface area (Å²) in [6.45, 7) is 2.80. The van der Waals surface area contributed by atoms with Crippen molar-refractivity contribution in [2.24, 2.45) is 0 Å². The maximum Gasteiger partial charge on any atom is 0.328 e. The lowest BCUT2D eigenvalue weighted by Crippen LogP contribution is -2.42. The van der Waals surface area contributed by atoms with Crippen LogP contribution in [0.5, 0.6) is 0 Å². The van der Waals surface area contributed by atoms with Crippen LogP contribution in [0, 0.1) is 0 Å². The van der Waals surface area contributed by atoms with E-state index < -0.39 is 5.97 Å². The van der Waals surface area contributed by atoms with Gasteiger partial charge in [-0.1, -0.05) is 6.92 Å². The summed E-state index contributed by atoms with van der Waals surface area (Å²) in [4.78, 5) is 23.7. The SMILES string of the molecule is CCC1CCCCN1C(=O)/C=C/C(=O)O. The van der Waals surface area contributed by atoms with Crippen LogP contribution < -0.4 is 0 Å². The van der Waals surface area contributed by atoms with Crippen LogP contribution in [-0.2, 0) is 9.59 Å². The molecule has 1 heterocycles. The fourth-order valence-electron chi connectivity index (χ4n) is 1.95. The van der Waals surface area contributed by atoms with Crippen LogP contribution in [0.3, 0.4) is 0 Å². The van der Waals surface area contributed by atoms with Gasteiger partial charge >= 0.3 is 5.97 Å². The molecule has 1 N–H and O–H groups in total. The molecule has 0 spiro atoms. The summed E-state index contributed by atoms with van der Waals surface area (Å²) in [5.41, 5.74) is 0. The Balaban J connectivity index is 2.59. The maximum absolute atomic E-state index is 11.6. The number of hydrogen-bond acceptors (Lipinski definition) is 2. The second-order valence-electron chi connectivity index (χ2n) is 3.76. The molecule has 1 amide bonds. The molecule has 1 saturated heterocycles. The highest BCUT2D eigenvalue weighted by atomic mass is 16.4. The number of amides is 1. The number of carbonyl (C=O) groups is 2. The molecule has 0 aromatic rings. The molecule has 4 nitrogen and oxygen atoms in total. The molecule has 1 atom stereocenters. The lowest BCUT2D eigenvalue weighted by Gasteiger charge is -2.34. The average molecular weight is 211 g/mol. The average Bonchev–Trinajstić information content (AvgIpc) is 2.25. The normalized spacial score (nSPS) is 21.9. The van der Waals surface area contributed by atoms with Gasteiger partial charge in [0.15, 0.2) is 0 Å². The van der Waals surface area contributed by atoms with Gasteiger partial charge in [0, 0.05) is 24.7 Å². The first-order valence-electron chi connectivity index (χ1n) is 5.36. The van der Waals surface area contributed by atoms with E-state index in [9.17, 15) is 9.59 Å². The Bertz CT molecular complexity index is 273. The van der Waals surface area contributed by atoms with E-state index >= 15 is 0 Å². The smallest absolute Gasteiger partial charge is 0.328 e. The molecule has 0 aromatic carbocycles. The number of likely N-dealkylation sites (tertiary alicyclic amines) is 1. The number of nitrogens with zero attached hydrogens (tertiary/aromatic N) is 1.